The highest BCUT2D eigenvalue weighted by atomic mass is 32.2. The minimum atomic E-state index is -3.62. The van der Waals surface area contributed by atoms with Gasteiger partial charge in [-0.25, -0.2) is 8.42 Å². The number of benzene rings is 2. The molecule has 30 heavy (non-hydrogen) atoms. The maximum Gasteiger partial charge on any atom is 0.244 e. The fraction of sp³-hybridized carbons (Fsp3) is 0.440. The molecule has 0 radical (unpaired) electrons. The highest BCUT2D eigenvalue weighted by Gasteiger charge is 2.39. The summed E-state index contributed by atoms with van der Waals surface area (Å²) in [5.41, 5.74) is 2.10. The van der Waals surface area contributed by atoms with Crippen LogP contribution in [-0.4, -0.2) is 38.0 Å². The lowest BCUT2D eigenvalue weighted by Gasteiger charge is -2.39. The minimum Gasteiger partial charge on any atom is -0.378 e. The van der Waals surface area contributed by atoms with Gasteiger partial charge in [-0.15, -0.1) is 0 Å². The Bertz CT molecular complexity index is 907. The molecule has 2 atom stereocenters. The predicted molar refractivity (Wildman–Crippen MR) is 123 cm³/mol. The van der Waals surface area contributed by atoms with Crippen molar-refractivity contribution in [3.05, 3.63) is 71.8 Å². The zero-order chi connectivity index (χ0) is 21.4. The summed E-state index contributed by atoms with van der Waals surface area (Å²) in [6.07, 6.45) is 9.25. The lowest BCUT2D eigenvalue weighted by molar-refractivity contribution is 0.00578. The summed E-state index contributed by atoms with van der Waals surface area (Å²) in [5.74, 6) is 0. The van der Waals surface area contributed by atoms with Crippen molar-refractivity contribution in [2.24, 2.45) is 0 Å². The highest BCUT2D eigenvalue weighted by Crippen LogP contribution is 2.28. The number of hydrogen-bond acceptors (Lipinski definition) is 3. The quantitative estimate of drug-likeness (QED) is 0.501. The standard InChI is InChI=1S/C25H33NO3S/c1-3-4-5-9-12-23-19-29-20-24(16-15-22-10-7-6-8-11-22)26(23)30(27,28)25-17-13-21(2)14-18-25/h6-8,10-11,13-18,23-24H,3-5,9,12,19-20H2,1-2H3/b16-15+/t23-,24+/m0/s1. The first-order chi connectivity index (χ1) is 14.5. The van der Waals surface area contributed by atoms with Crippen molar-refractivity contribution in [3.63, 3.8) is 0 Å². The van der Waals surface area contributed by atoms with E-state index in [9.17, 15) is 8.42 Å². The molecule has 4 nitrogen and oxygen atoms in total. The summed E-state index contributed by atoms with van der Waals surface area (Å²) < 4.78 is 34.9. The summed E-state index contributed by atoms with van der Waals surface area (Å²) in [6, 6.07) is 16.6. The van der Waals surface area contributed by atoms with E-state index in [1.807, 2.05) is 61.5 Å². The predicted octanol–water partition coefficient (Wildman–Crippen LogP) is 5.44. The van der Waals surface area contributed by atoms with Crippen LogP contribution in [0.2, 0.25) is 0 Å². The van der Waals surface area contributed by atoms with Gasteiger partial charge in [0.2, 0.25) is 10.0 Å². The molecule has 162 valence electrons. The van der Waals surface area contributed by atoms with Crippen LogP contribution in [0.1, 0.15) is 50.2 Å². The second kappa shape index (κ2) is 10.9. The first-order valence-electron chi connectivity index (χ1n) is 10.9. The smallest absolute Gasteiger partial charge is 0.244 e. The van der Waals surface area contributed by atoms with Gasteiger partial charge in [-0.05, 0) is 31.0 Å². The second-order valence-corrected chi connectivity index (χ2v) is 9.87. The van der Waals surface area contributed by atoms with Crippen molar-refractivity contribution in [3.8, 4) is 0 Å². The molecule has 0 saturated carbocycles. The molecule has 1 fully saturated rings. The molecular formula is C25H33NO3S. The van der Waals surface area contributed by atoms with Gasteiger partial charge in [0.05, 0.1) is 24.2 Å². The summed E-state index contributed by atoms with van der Waals surface area (Å²) in [7, 11) is -3.62. The topological polar surface area (TPSA) is 46.6 Å². The molecule has 0 aromatic heterocycles. The summed E-state index contributed by atoms with van der Waals surface area (Å²) in [4.78, 5) is 0.353. The molecule has 3 rings (SSSR count). The van der Waals surface area contributed by atoms with Crippen LogP contribution in [-0.2, 0) is 14.8 Å². The molecule has 0 N–H and O–H groups in total. The van der Waals surface area contributed by atoms with Crippen LogP contribution in [0, 0.1) is 6.92 Å². The van der Waals surface area contributed by atoms with E-state index >= 15 is 0 Å². The molecule has 1 saturated heterocycles. The third-order valence-electron chi connectivity index (χ3n) is 5.58. The van der Waals surface area contributed by atoms with Crippen LogP contribution < -0.4 is 0 Å². The van der Waals surface area contributed by atoms with Crippen molar-refractivity contribution < 1.29 is 13.2 Å². The Balaban J connectivity index is 1.89. The Morgan fingerprint density at radius 2 is 1.73 bits per heavy atom. The average molecular weight is 428 g/mol. The van der Waals surface area contributed by atoms with Gasteiger partial charge in [0.15, 0.2) is 0 Å². The maximum atomic E-state index is 13.7. The minimum absolute atomic E-state index is 0.146. The fourth-order valence-electron chi connectivity index (χ4n) is 3.89. The summed E-state index contributed by atoms with van der Waals surface area (Å²) in [5, 5.41) is 0. The average Bonchev–Trinajstić information content (AvgIpc) is 2.76. The van der Waals surface area contributed by atoms with E-state index in [1.165, 1.54) is 6.42 Å². The van der Waals surface area contributed by atoms with Crippen LogP contribution in [0.4, 0.5) is 0 Å². The van der Waals surface area contributed by atoms with Crippen molar-refractivity contribution in [2.45, 2.75) is 62.9 Å². The van der Waals surface area contributed by atoms with Crippen molar-refractivity contribution >= 4 is 16.1 Å². The molecule has 0 spiro atoms. The van der Waals surface area contributed by atoms with E-state index in [0.717, 1.165) is 36.8 Å². The zero-order valence-corrected chi connectivity index (χ0v) is 18.9. The van der Waals surface area contributed by atoms with Gasteiger partial charge in [0.1, 0.15) is 0 Å². The van der Waals surface area contributed by atoms with E-state index in [1.54, 1.807) is 16.4 Å². The molecule has 2 aromatic carbocycles. The van der Waals surface area contributed by atoms with Crippen LogP contribution in [0.15, 0.2) is 65.6 Å². The van der Waals surface area contributed by atoms with Gasteiger partial charge in [0.25, 0.3) is 0 Å². The third-order valence-corrected chi connectivity index (χ3v) is 7.58. The highest BCUT2D eigenvalue weighted by molar-refractivity contribution is 7.89. The number of unbranched alkanes of at least 4 members (excludes halogenated alkanes) is 3. The zero-order valence-electron chi connectivity index (χ0n) is 18.0. The molecule has 0 amide bonds. The van der Waals surface area contributed by atoms with Gasteiger partial charge in [-0.1, -0.05) is 92.8 Å². The molecule has 1 aliphatic rings. The van der Waals surface area contributed by atoms with E-state index in [0.29, 0.717) is 18.1 Å². The Hall–Kier alpha value is -1.95. The van der Waals surface area contributed by atoms with Crippen LogP contribution in [0.25, 0.3) is 6.08 Å². The molecule has 0 aliphatic carbocycles. The maximum absolute atomic E-state index is 13.7. The molecule has 5 heteroatoms. The molecule has 0 unspecified atom stereocenters. The van der Waals surface area contributed by atoms with Gasteiger partial charge < -0.3 is 4.74 Å². The normalized spacial score (nSPS) is 20.6. The van der Waals surface area contributed by atoms with Crippen LogP contribution in [0.3, 0.4) is 0 Å². The van der Waals surface area contributed by atoms with Gasteiger partial charge in [0, 0.05) is 6.04 Å². The molecule has 0 bridgehead atoms. The van der Waals surface area contributed by atoms with E-state index < -0.39 is 10.0 Å². The lowest BCUT2D eigenvalue weighted by Crippen LogP contribution is -2.54. The van der Waals surface area contributed by atoms with Gasteiger partial charge >= 0.3 is 0 Å². The van der Waals surface area contributed by atoms with E-state index in [2.05, 4.69) is 6.92 Å². The molecule has 1 heterocycles. The van der Waals surface area contributed by atoms with Gasteiger partial charge in [-0.3, -0.25) is 0 Å². The Morgan fingerprint density at radius 1 is 1.00 bits per heavy atom. The lowest BCUT2D eigenvalue weighted by atomic mass is 10.0. The van der Waals surface area contributed by atoms with Crippen molar-refractivity contribution in [1.29, 1.82) is 0 Å². The summed E-state index contributed by atoms with van der Waals surface area (Å²) in [6.45, 7) is 4.97. The van der Waals surface area contributed by atoms with E-state index in [-0.39, 0.29) is 12.1 Å². The summed E-state index contributed by atoms with van der Waals surface area (Å²) >= 11 is 0. The second-order valence-electron chi connectivity index (χ2n) is 8.03. The number of morpholine rings is 1. The first-order valence-corrected chi connectivity index (χ1v) is 12.4. The Kier molecular flexibility index (Phi) is 8.25. The fourth-order valence-corrected chi connectivity index (χ4v) is 5.66. The van der Waals surface area contributed by atoms with Crippen molar-refractivity contribution in [2.75, 3.05) is 13.2 Å². The SMILES string of the molecule is CCCCCC[C@H]1COC[C@@H](/C=C/c2ccccc2)N1S(=O)(=O)c1ccc(C)cc1. The Labute approximate surface area is 181 Å². The number of ether oxygens (including phenoxy) is 1. The number of sulfonamides is 1. The monoisotopic (exact) mass is 427 g/mol. The van der Waals surface area contributed by atoms with Crippen LogP contribution in [0.5, 0.6) is 0 Å². The number of aryl methyl sites for hydroxylation is 1. The number of nitrogens with zero attached hydrogens (tertiary/aromatic N) is 1. The van der Waals surface area contributed by atoms with Gasteiger partial charge in [-0.2, -0.15) is 4.31 Å². The molecule has 2 aromatic rings. The number of hydrogen-bond donors (Lipinski definition) is 0. The molecular weight excluding hydrogens is 394 g/mol. The number of rotatable bonds is 9. The third kappa shape index (κ3) is 5.81. The molecule has 1 aliphatic heterocycles. The largest absolute Gasteiger partial charge is 0.378 e. The first kappa shape index (κ1) is 22.7. The van der Waals surface area contributed by atoms with E-state index in [4.69, 9.17) is 4.74 Å². The van der Waals surface area contributed by atoms with Crippen LogP contribution >= 0.6 is 0 Å². The van der Waals surface area contributed by atoms with Crippen molar-refractivity contribution in [1.82, 2.24) is 4.31 Å². The Morgan fingerprint density at radius 3 is 2.43 bits per heavy atom.